The number of aliphatic carboxylic acids is 1. The monoisotopic (exact) mass is 266 g/mol. The van der Waals surface area contributed by atoms with E-state index in [2.05, 4.69) is 10.4 Å². The lowest BCUT2D eigenvalue weighted by Crippen LogP contribution is -2.38. The summed E-state index contributed by atoms with van der Waals surface area (Å²) in [6.45, 7) is 3.12. The number of amides is 2. The van der Waals surface area contributed by atoms with E-state index < -0.39 is 11.9 Å². The number of carbonyl (C=O) groups excluding carboxylic acids is 1. The van der Waals surface area contributed by atoms with E-state index >= 15 is 0 Å². The van der Waals surface area contributed by atoms with E-state index in [0.29, 0.717) is 19.5 Å². The number of aromatic nitrogens is 2. The number of carboxylic acid groups (broad SMARTS) is 1. The second kappa shape index (κ2) is 5.29. The van der Waals surface area contributed by atoms with E-state index in [9.17, 15) is 9.59 Å². The molecule has 1 aromatic rings. The molecule has 2 amide bonds. The average molecular weight is 266 g/mol. The van der Waals surface area contributed by atoms with Crippen molar-refractivity contribution in [1.29, 1.82) is 0 Å². The van der Waals surface area contributed by atoms with Gasteiger partial charge in [-0.2, -0.15) is 5.10 Å². The zero-order chi connectivity index (χ0) is 14.0. The van der Waals surface area contributed by atoms with Crippen molar-refractivity contribution in [2.45, 2.75) is 19.9 Å². The summed E-state index contributed by atoms with van der Waals surface area (Å²) in [5, 5.41) is 15.8. The number of nitrogens with one attached hydrogen (secondary N) is 1. The summed E-state index contributed by atoms with van der Waals surface area (Å²) < 4.78 is 1.75. The van der Waals surface area contributed by atoms with Crippen LogP contribution in [-0.4, -0.2) is 44.9 Å². The minimum Gasteiger partial charge on any atom is -0.481 e. The van der Waals surface area contributed by atoms with Crippen LogP contribution in [-0.2, 0) is 18.4 Å². The molecule has 1 fully saturated rings. The maximum atomic E-state index is 11.9. The van der Waals surface area contributed by atoms with Gasteiger partial charge in [-0.25, -0.2) is 4.79 Å². The summed E-state index contributed by atoms with van der Waals surface area (Å²) in [5.74, 6) is -1.27. The van der Waals surface area contributed by atoms with Gasteiger partial charge in [0.2, 0.25) is 0 Å². The first-order valence-electron chi connectivity index (χ1n) is 6.22. The summed E-state index contributed by atoms with van der Waals surface area (Å²) in [4.78, 5) is 24.3. The normalized spacial score (nSPS) is 18.6. The smallest absolute Gasteiger partial charge is 0.317 e. The van der Waals surface area contributed by atoms with Crippen LogP contribution in [0.15, 0.2) is 6.20 Å². The quantitative estimate of drug-likeness (QED) is 0.826. The van der Waals surface area contributed by atoms with Crippen LogP contribution in [0, 0.1) is 12.8 Å². The number of carbonyl (C=O) groups is 2. The number of hydrogen-bond donors (Lipinski definition) is 2. The molecule has 1 aromatic heterocycles. The van der Waals surface area contributed by atoms with Crippen LogP contribution < -0.4 is 5.32 Å². The first-order valence-corrected chi connectivity index (χ1v) is 6.22. The van der Waals surface area contributed by atoms with Crippen LogP contribution >= 0.6 is 0 Å². The number of aryl methyl sites for hydroxylation is 1. The molecule has 0 radical (unpaired) electrons. The Kier molecular flexibility index (Phi) is 3.73. The van der Waals surface area contributed by atoms with Gasteiger partial charge in [-0.3, -0.25) is 9.48 Å². The molecule has 1 saturated heterocycles. The molecule has 1 atom stereocenters. The van der Waals surface area contributed by atoms with Crippen molar-refractivity contribution in [3.8, 4) is 0 Å². The Morgan fingerprint density at radius 1 is 1.58 bits per heavy atom. The van der Waals surface area contributed by atoms with Crippen molar-refractivity contribution in [2.24, 2.45) is 13.0 Å². The van der Waals surface area contributed by atoms with E-state index in [1.807, 2.05) is 14.0 Å². The van der Waals surface area contributed by atoms with Crippen molar-refractivity contribution < 1.29 is 14.7 Å². The Balaban J connectivity index is 1.85. The van der Waals surface area contributed by atoms with Gasteiger partial charge in [0, 0.05) is 37.9 Å². The van der Waals surface area contributed by atoms with E-state index in [1.165, 1.54) is 0 Å². The summed E-state index contributed by atoms with van der Waals surface area (Å²) >= 11 is 0. The fraction of sp³-hybridized carbons (Fsp3) is 0.583. The molecular weight excluding hydrogens is 248 g/mol. The van der Waals surface area contributed by atoms with Crippen molar-refractivity contribution in [3.05, 3.63) is 17.5 Å². The fourth-order valence-corrected chi connectivity index (χ4v) is 2.15. The summed E-state index contributed by atoms with van der Waals surface area (Å²) in [5.41, 5.74) is 1.97. The van der Waals surface area contributed by atoms with Crippen molar-refractivity contribution >= 4 is 12.0 Å². The van der Waals surface area contributed by atoms with Gasteiger partial charge in [-0.1, -0.05) is 0 Å². The third-order valence-corrected chi connectivity index (χ3v) is 3.59. The molecular formula is C12H18N4O3. The second-order valence-corrected chi connectivity index (χ2v) is 4.81. The predicted molar refractivity (Wildman–Crippen MR) is 67.5 cm³/mol. The largest absolute Gasteiger partial charge is 0.481 e. The fourth-order valence-electron chi connectivity index (χ4n) is 2.15. The first kappa shape index (κ1) is 13.4. The molecule has 104 valence electrons. The topological polar surface area (TPSA) is 87.5 Å². The summed E-state index contributed by atoms with van der Waals surface area (Å²) in [6, 6.07) is -0.216. The molecule has 2 heterocycles. The number of rotatable bonds is 3. The number of urea groups is 1. The van der Waals surface area contributed by atoms with Gasteiger partial charge in [0.1, 0.15) is 0 Å². The Labute approximate surface area is 111 Å². The second-order valence-electron chi connectivity index (χ2n) is 4.81. The van der Waals surface area contributed by atoms with Gasteiger partial charge < -0.3 is 15.3 Å². The van der Waals surface area contributed by atoms with Gasteiger partial charge in [-0.15, -0.1) is 0 Å². The van der Waals surface area contributed by atoms with Crippen LogP contribution in [0.5, 0.6) is 0 Å². The lowest BCUT2D eigenvalue weighted by molar-refractivity contribution is -0.141. The van der Waals surface area contributed by atoms with Crippen LogP contribution in [0.4, 0.5) is 4.79 Å². The highest BCUT2D eigenvalue weighted by molar-refractivity contribution is 5.77. The van der Waals surface area contributed by atoms with Gasteiger partial charge in [0.05, 0.1) is 12.1 Å². The lowest BCUT2D eigenvalue weighted by atomic mass is 10.1. The van der Waals surface area contributed by atoms with Crippen LogP contribution in [0.1, 0.15) is 17.7 Å². The summed E-state index contributed by atoms with van der Waals surface area (Å²) in [7, 11) is 1.85. The Morgan fingerprint density at radius 2 is 2.32 bits per heavy atom. The molecule has 19 heavy (non-hydrogen) atoms. The van der Waals surface area contributed by atoms with Gasteiger partial charge in [-0.05, 0) is 13.3 Å². The number of nitrogens with zero attached hydrogens (tertiary/aromatic N) is 3. The van der Waals surface area contributed by atoms with E-state index in [4.69, 9.17) is 5.11 Å². The van der Waals surface area contributed by atoms with Crippen molar-refractivity contribution in [1.82, 2.24) is 20.0 Å². The molecule has 0 saturated carbocycles. The highest BCUT2D eigenvalue weighted by Crippen LogP contribution is 2.16. The lowest BCUT2D eigenvalue weighted by Gasteiger charge is -2.16. The molecule has 7 heteroatoms. The van der Waals surface area contributed by atoms with Crippen LogP contribution in [0.25, 0.3) is 0 Å². The van der Waals surface area contributed by atoms with Crippen LogP contribution in [0.3, 0.4) is 0 Å². The Bertz CT molecular complexity index is 497. The van der Waals surface area contributed by atoms with E-state index in [0.717, 1.165) is 11.3 Å². The molecule has 0 bridgehead atoms. The molecule has 0 spiro atoms. The highest BCUT2D eigenvalue weighted by Gasteiger charge is 2.30. The van der Waals surface area contributed by atoms with Crippen molar-refractivity contribution in [2.75, 3.05) is 13.1 Å². The number of likely N-dealkylation sites (tertiary alicyclic amines) is 1. The zero-order valence-electron chi connectivity index (χ0n) is 11.1. The Hall–Kier alpha value is -2.05. The molecule has 1 aliphatic rings. The third-order valence-electron chi connectivity index (χ3n) is 3.59. The first-order chi connectivity index (χ1) is 8.99. The van der Waals surface area contributed by atoms with E-state index in [1.54, 1.807) is 15.8 Å². The number of carboxylic acids is 1. The Morgan fingerprint density at radius 3 is 2.84 bits per heavy atom. The maximum Gasteiger partial charge on any atom is 0.317 e. The molecule has 7 nitrogen and oxygen atoms in total. The molecule has 2 N–H and O–H groups in total. The maximum absolute atomic E-state index is 11.9. The average Bonchev–Trinajstić information content (AvgIpc) is 2.97. The van der Waals surface area contributed by atoms with Gasteiger partial charge >= 0.3 is 12.0 Å². The zero-order valence-corrected chi connectivity index (χ0v) is 11.1. The van der Waals surface area contributed by atoms with Gasteiger partial charge in [0.25, 0.3) is 0 Å². The van der Waals surface area contributed by atoms with Gasteiger partial charge in [0.15, 0.2) is 0 Å². The third kappa shape index (κ3) is 2.86. The minimum absolute atomic E-state index is 0.216. The van der Waals surface area contributed by atoms with Crippen molar-refractivity contribution in [3.63, 3.8) is 0 Å². The molecule has 0 aromatic carbocycles. The number of hydrogen-bond acceptors (Lipinski definition) is 3. The SMILES string of the molecule is Cc1c(CNC(=O)N2CCC(C(=O)O)C2)cnn1C. The highest BCUT2D eigenvalue weighted by atomic mass is 16.4. The molecule has 1 aliphatic heterocycles. The summed E-state index contributed by atoms with van der Waals surface area (Å²) in [6.07, 6.45) is 2.24. The molecule has 0 aliphatic carbocycles. The standard InChI is InChI=1S/C12H18N4O3/c1-8-10(6-14-15(8)2)5-13-12(19)16-4-3-9(7-16)11(17)18/h6,9H,3-5,7H2,1-2H3,(H,13,19)(H,17,18). The minimum atomic E-state index is -0.835. The van der Waals surface area contributed by atoms with Crippen LogP contribution in [0.2, 0.25) is 0 Å². The predicted octanol–water partition coefficient (Wildman–Crippen LogP) is 0.345. The molecule has 1 unspecified atom stereocenters. The molecule has 2 rings (SSSR count). The van der Waals surface area contributed by atoms with E-state index in [-0.39, 0.29) is 12.6 Å².